The number of tetrazole rings is 1. The van der Waals surface area contributed by atoms with Crippen molar-refractivity contribution in [1.82, 2.24) is 20.2 Å². The van der Waals surface area contributed by atoms with Crippen molar-refractivity contribution in [2.75, 3.05) is 7.11 Å². The Morgan fingerprint density at radius 1 is 1.39 bits per heavy atom. The van der Waals surface area contributed by atoms with E-state index in [1.807, 2.05) is 12.1 Å². The molecule has 1 heterocycles. The largest absolute Gasteiger partial charge is 1.00 e. The number of aromatic nitrogens is 4. The van der Waals surface area contributed by atoms with Gasteiger partial charge >= 0.3 is 51.4 Å². The summed E-state index contributed by atoms with van der Waals surface area (Å²) < 4.78 is 5.02. The molecular weight excluding hydrogens is 263 g/mol. The zero-order valence-electron chi connectivity index (χ0n) is 10.0. The molecule has 18 heavy (non-hydrogen) atoms. The molecule has 0 radical (unpaired) electrons. The third kappa shape index (κ3) is 3.85. The first kappa shape index (κ1) is 15.3. The van der Waals surface area contributed by atoms with Gasteiger partial charge < -0.3 is 14.6 Å². The number of ether oxygens (including phenoxy) is 1. The van der Waals surface area contributed by atoms with E-state index in [2.05, 4.69) is 15.4 Å². The number of rotatable bonds is 4. The van der Waals surface area contributed by atoms with E-state index < -0.39 is 11.8 Å². The van der Waals surface area contributed by atoms with Crippen molar-refractivity contribution in [2.24, 2.45) is 0 Å². The number of carboxylic acids is 1. The second-order valence-corrected chi connectivity index (χ2v) is 3.28. The summed E-state index contributed by atoms with van der Waals surface area (Å²) in [7, 11) is 1.58. The maximum Gasteiger partial charge on any atom is 1.00 e. The van der Waals surface area contributed by atoms with Crippen LogP contribution in [0.5, 0.6) is 5.75 Å². The normalized spacial score (nSPS) is 9.61. The predicted octanol–water partition coefficient (Wildman–Crippen LogP) is -3.90. The van der Waals surface area contributed by atoms with Crippen molar-refractivity contribution in [1.29, 1.82) is 0 Å². The van der Waals surface area contributed by atoms with Gasteiger partial charge in [-0.25, -0.2) is 0 Å². The van der Waals surface area contributed by atoms with E-state index >= 15 is 0 Å². The van der Waals surface area contributed by atoms with Crippen LogP contribution in [0.25, 0.3) is 0 Å². The third-order valence-corrected chi connectivity index (χ3v) is 2.12. The van der Waals surface area contributed by atoms with Crippen LogP contribution in [0, 0.1) is 0 Å². The van der Waals surface area contributed by atoms with Crippen molar-refractivity contribution < 1.29 is 66.0 Å². The molecule has 0 aliphatic heterocycles. The van der Waals surface area contributed by atoms with E-state index in [1.54, 1.807) is 19.2 Å². The second-order valence-electron chi connectivity index (χ2n) is 3.28. The van der Waals surface area contributed by atoms with Crippen LogP contribution in [-0.2, 0) is 6.54 Å². The molecule has 0 aliphatic rings. The molecule has 2 aromatic rings. The van der Waals surface area contributed by atoms with E-state index in [9.17, 15) is 9.90 Å². The van der Waals surface area contributed by atoms with Crippen LogP contribution in [0.3, 0.4) is 0 Å². The number of nitrogens with zero attached hydrogens (tertiary/aromatic N) is 4. The molecule has 0 atom stereocenters. The molecule has 0 fully saturated rings. The fourth-order valence-corrected chi connectivity index (χ4v) is 1.29. The number of aromatic carboxylic acids is 1. The Morgan fingerprint density at radius 2 is 2.06 bits per heavy atom. The summed E-state index contributed by atoms with van der Waals surface area (Å²) in [5, 5.41) is 21.0. The number of methoxy groups -OCH3 is 1. The quantitative estimate of drug-likeness (QED) is 0.528. The first-order valence-electron chi connectivity index (χ1n) is 4.81. The maximum atomic E-state index is 10.4. The molecule has 0 unspecified atom stereocenters. The van der Waals surface area contributed by atoms with E-state index in [0.717, 1.165) is 11.3 Å². The molecule has 7 nitrogen and oxygen atoms in total. The van der Waals surface area contributed by atoms with E-state index in [1.165, 1.54) is 4.80 Å². The van der Waals surface area contributed by atoms with Gasteiger partial charge in [0.25, 0.3) is 0 Å². The van der Waals surface area contributed by atoms with Crippen LogP contribution in [0.15, 0.2) is 24.3 Å². The van der Waals surface area contributed by atoms with Crippen molar-refractivity contribution in [3.63, 3.8) is 0 Å². The summed E-state index contributed by atoms with van der Waals surface area (Å²) in [6.45, 7) is 0.338. The van der Waals surface area contributed by atoms with Crippen LogP contribution < -0.4 is 61.2 Å². The van der Waals surface area contributed by atoms with Gasteiger partial charge in [0, 0.05) is 0 Å². The third-order valence-electron chi connectivity index (χ3n) is 2.12. The van der Waals surface area contributed by atoms with Crippen LogP contribution in [-0.4, -0.2) is 33.3 Å². The Kier molecular flexibility index (Phi) is 5.89. The predicted molar refractivity (Wildman–Crippen MR) is 54.2 cm³/mol. The Hall–Kier alpha value is -0.804. The molecule has 1 aromatic carbocycles. The molecule has 0 amide bonds. The summed E-state index contributed by atoms with van der Waals surface area (Å²) in [4.78, 5) is 11.6. The molecular formula is C10H9KN4O3. The van der Waals surface area contributed by atoms with Crippen molar-refractivity contribution in [3.8, 4) is 5.75 Å². The van der Waals surface area contributed by atoms with Crippen molar-refractivity contribution in [3.05, 3.63) is 35.7 Å². The second kappa shape index (κ2) is 6.95. The van der Waals surface area contributed by atoms with Crippen LogP contribution in [0.1, 0.15) is 16.2 Å². The van der Waals surface area contributed by atoms with Gasteiger partial charge in [-0.05, 0) is 22.9 Å². The molecule has 0 aliphatic carbocycles. The minimum atomic E-state index is -1.44. The van der Waals surface area contributed by atoms with Gasteiger partial charge in [-0.2, -0.15) is 4.80 Å². The molecule has 8 heteroatoms. The van der Waals surface area contributed by atoms with Gasteiger partial charge in [0.05, 0.1) is 13.7 Å². The number of hydrogen-bond acceptors (Lipinski definition) is 6. The van der Waals surface area contributed by atoms with E-state index in [4.69, 9.17) is 4.74 Å². The first-order valence-corrected chi connectivity index (χ1v) is 4.81. The van der Waals surface area contributed by atoms with Crippen molar-refractivity contribution >= 4 is 5.97 Å². The summed E-state index contributed by atoms with van der Waals surface area (Å²) in [5.41, 5.74) is 0.910. The van der Waals surface area contributed by atoms with Gasteiger partial charge in [-0.15, -0.1) is 10.2 Å². The monoisotopic (exact) mass is 272 g/mol. The molecule has 0 spiro atoms. The fraction of sp³-hybridized carbons (Fsp3) is 0.200. The summed E-state index contributed by atoms with van der Waals surface area (Å²) in [6.07, 6.45) is 0. The van der Waals surface area contributed by atoms with Crippen molar-refractivity contribution in [2.45, 2.75) is 6.54 Å². The summed E-state index contributed by atoms with van der Waals surface area (Å²) in [6, 6.07) is 7.26. The van der Waals surface area contributed by atoms with Gasteiger partial charge in [0.15, 0.2) is 0 Å². The zero-order valence-corrected chi connectivity index (χ0v) is 13.2. The molecule has 0 saturated heterocycles. The summed E-state index contributed by atoms with van der Waals surface area (Å²) >= 11 is 0. The Morgan fingerprint density at radius 3 is 2.56 bits per heavy atom. The smallest absolute Gasteiger partial charge is 0.541 e. The molecule has 88 valence electrons. The van der Waals surface area contributed by atoms with E-state index in [0.29, 0.717) is 6.54 Å². The summed E-state index contributed by atoms with van der Waals surface area (Å²) in [5.74, 6) is -1.11. The van der Waals surface area contributed by atoms with Gasteiger partial charge in [0.2, 0.25) is 5.82 Å². The Labute approximate surface area is 146 Å². The molecule has 1 aromatic heterocycles. The molecule has 0 saturated carbocycles. The Bertz CT molecular complexity index is 526. The maximum absolute atomic E-state index is 10.4. The number of carbonyl (C=O) groups excluding carboxylic acids is 1. The minimum Gasteiger partial charge on any atom is -0.541 e. The number of carbonyl (C=O) groups is 1. The molecule has 0 N–H and O–H groups in total. The minimum absolute atomic E-state index is 0. The zero-order chi connectivity index (χ0) is 12.3. The Balaban J connectivity index is 0.00000162. The average Bonchev–Trinajstić information content (AvgIpc) is 2.79. The van der Waals surface area contributed by atoms with Crippen LogP contribution >= 0.6 is 0 Å². The van der Waals surface area contributed by atoms with Gasteiger partial charge in [-0.1, -0.05) is 12.1 Å². The van der Waals surface area contributed by atoms with Gasteiger partial charge in [0.1, 0.15) is 11.7 Å². The average molecular weight is 272 g/mol. The topological polar surface area (TPSA) is 93.0 Å². The number of benzene rings is 1. The SMILES string of the molecule is COc1ccc(Cn2nnc(C(=O)[O-])n2)cc1.[K+]. The number of hydrogen-bond donors (Lipinski definition) is 0. The first-order chi connectivity index (χ1) is 8.19. The number of carboxylic acid groups (broad SMARTS) is 1. The van der Waals surface area contributed by atoms with Crippen LogP contribution in [0.2, 0.25) is 0 Å². The standard InChI is InChI=1S/C10H10N4O3.K/c1-17-8-4-2-7(3-5-8)6-14-12-9(10(15)16)11-13-14;/h2-5H,6H2,1H3,(H,15,16);/q;+1/p-1. The van der Waals surface area contributed by atoms with E-state index in [-0.39, 0.29) is 51.4 Å². The molecule has 2 rings (SSSR count). The molecule has 0 bridgehead atoms. The van der Waals surface area contributed by atoms with Crippen LogP contribution in [0.4, 0.5) is 0 Å². The van der Waals surface area contributed by atoms with Gasteiger partial charge in [-0.3, -0.25) is 0 Å². The fourth-order valence-electron chi connectivity index (χ4n) is 1.29.